The summed E-state index contributed by atoms with van der Waals surface area (Å²) < 4.78 is 31.7. The molecule has 6 nitrogen and oxygen atoms in total. The molecule has 0 unspecified atom stereocenters. The molecular formula is C19H19F3N4O2. The van der Waals surface area contributed by atoms with Crippen LogP contribution in [0.25, 0.3) is 22.0 Å². The first-order valence-corrected chi connectivity index (χ1v) is 8.30. The predicted octanol–water partition coefficient (Wildman–Crippen LogP) is 4.25. The van der Waals surface area contributed by atoms with Crippen molar-refractivity contribution >= 4 is 28.6 Å². The van der Waals surface area contributed by atoms with Gasteiger partial charge in [-0.3, -0.25) is 0 Å². The molecule has 4 N–H and O–H groups in total. The first-order chi connectivity index (χ1) is 13.1. The number of benzene rings is 2. The van der Waals surface area contributed by atoms with Gasteiger partial charge in [0.25, 0.3) is 0 Å². The molecule has 148 valence electrons. The highest BCUT2D eigenvalue weighted by Gasteiger charge is 2.38. The highest BCUT2D eigenvalue weighted by molar-refractivity contribution is 5.93. The van der Waals surface area contributed by atoms with Crippen LogP contribution in [0.5, 0.6) is 0 Å². The fraction of sp³-hybridized carbons (Fsp3) is 0.211. The van der Waals surface area contributed by atoms with E-state index < -0.39 is 12.1 Å². The molecule has 0 fully saturated rings. The van der Waals surface area contributed by atoms with E-state index in [2.05, 4.69) is 52.5 Å². The second-order valence-electron chi connectivity index (χ2n) is 5.81. The van der Waals surface area contributed by atoms with E-state index in [1.54, 1.807) is 0 Å². The molecule has 3 aromatic rings. The number of fused-ring (bicyclic) bond motifs is 1. The van der Waals surface area contributed by atoms with Crippen LogP contribution in [-0.4, -0.2) is 33.8 Å². The highest BCUT2D eigenvalue weighted by Crippen LogP contribution is 2.29. The number of aliphatic carboxylic acids is 1. The van der Waals surface area contributed by atoms with Gasteiger partial charge in [0.1, 0.15) is 5.82 Å². The van der Waals surface area contributed by atoms with Crippen molar-refractivity contribution in [2.24, 2.45) is 0 Å². The zero-order valence-corrected chi connectivity index (χ0v) is 15.2. The molecule has 0 atom stereocenters. The number of hydrogen-bond donors (Lipinski definition) is 3. The van der Waals surface area contributed by atoms with E-state index >= 15 is 0 Å². The second-order valence-corrected chi connectivity index (χ2v) is 5.81. The van der Waals surface area contributed by atoms with E-state index in [0.29, 0.717) is 5.95 Å². The van der Waals surface area contributed by atoms with Gasteiger partial charge in [0.05, 0.1) is 5.52 Å². The molecule has 0 saturated carbocycles. The largest absolute Gasteiger partial charge is 0.490 e. The lowest BCUT2D eigenvalue weighted by atomic mass is 9.99. The number of nitrogens with two attached hydrogens (primary N) is 1. The lowest BCUT2D eigenvalue weighted by molar-refractivity contribution is -0.192. The van der Waals surface area contributed by atoms with Gasteiger partial charge in [-0.2, -0.15) is 18.2 Å². The summed E-state index contributed by atoms with van der Waals surface area (Å²) in [6.45, 7) is 4.94. The van der Waals surface area contributed by atoms with Gasteiger partial charge >= 0.3 is 12.1 Å². The SMILES string of the molecule is CCNc1nc(N)nc2cc(-c3ccccc3C)ccc12.O=C(O)C(F)(F)F. The summed E-state index contributed by atoms with van der Waals surface area (Å²) in [6, 6.07) is 14.5. The normalized spacial score (nSPS) is 10.9. The van der Waals surface area contributed by atoms with Crippen LogP contribution >= 0.6 is 0 Å². The Labute approximate surface area is 159 Å². The Morgan fingerprint density at radius 1 is 1.18 bits per heavy atom. The van der Waals surface area contributed by atoms with Crippen LogP contribution in [0, 0.1) is 6.92 Å². The smallest absolute Gasteiger partial charge is 0.475 e. The Kier molecular flexibility index (Phi) is 6.40. The van der Waals surface area contributed by atoms with Crippen LogP contribution < -0.4 is 11.1 Å². The molecule has 0 aliphatic heterocycles. The molecule has 0 amide bonds. The number of halogens is 3. The molecule has 1 heterocycles. The molecule has 0 aliphatic rings. The molecule has 28 heavy (non-hydrogen) atoms. The molecule has 0 aliphatic carbocycles. The van der Waals surface area contributed by atoms with Crippen molar-refractivity contribution in [2.45, 2.75) is 20.0 Å². The minimum atomic E-state index is -5.08. The molecule has 3 rings (SSSR count). The summed E-state index contributed by atoms with van der Waals surface area (Å²) >= 11 is 0. The van der Waals surface area contributed by atoms with Crippen molar-refractivity contribution in [2.75, 3.05) is 17.6 Å². The maximum Gasteiger partial charge on any atom is 0.490 e. The van der Waals surface area contributed by atoms with E-state index in [1.807, 2.05) is 19.1 Å². The standard InChI is InChI=1S/C17H18N4.C2HF3O2/c1-3-19-16-14-9-8-12(10-15(14)20-17(18)21-16)13-7-5-4-6-11(13)2;3-2(4,5)1(6)7/h4-10H,3H2,1-2H3,(H3,18,19,20,21);(H,6,7). The summed E-state index contributed by atoms with van der Waals surface area (Å²) in [5, 5.41) is 11.3. The summed E-state index contributed by atoms with van der Waals surface area (Å²) in [4.78, 5) is 17.5. The molecule has 9 heteroatoms. The molecule has 2 aromatic carbocycles. The van der Waals surface area contributed by atoms with Crippen LogP contribution in [0.4, 0.5) is 24.9 Å². The molecule has 0 spiro atoms. The van der Waals surface area contributed by atoms with Crippen molar-refractivity contribution in [1.29, 1.82) is 0 Å². The fourth-order valence-electron chi connectivity index (χ4n) is 2.51. The molecule has 0 saturated heterocycles. The van der Waals surface area contributed by atoms with Gasteiger partial charge in [-0.05, 0) is 42.7 Å². The number of anilines is 2. The monoisotopic (exact) mass is 392 g/mol. The van der Waals surface area contributed by atoms with Crippen LogP contribution in [0.2, 0.25) is 0 Å². The van der Waals surface area contributed by atoms with Crippen molar-refractivity contribution in [1.82, 2.24) is 9.97 Å². The topological polar surface area (TPSA) is 101 Å². The maximum absolute atomic E-state index is 10.6. The average Bonchev–Trinajstić information content (AvgIpc) is 2.61. The van der Waals surface area contributed by atoms with Crippen LogP contribution in [0.15, 0.2) is 42.5 Å². The number of carboxylic acid groups (broad SMARTS) is 1. The fourth-order valence-corrected chi connectivity index (χ4v) is 2.51. The van der Waals surface area contributed by atoms with Crippen LogP contribution in [0.1, 0.15) is 12.5 Å². The quantitative estimate of drug-likeness (QED) is 0.616. The Hall–Kier alpha value is -3.36. The molecule has 0 radical (unpaired) electrons. The lowest BCUT2D eigenvalue weighted by Crippen LogP contribution is -2.21. The number of rotatable bonds is 3. The number of alkyl halides is 3. The highest BCUT2D eigenvalue weighted by atomic mass is 19.4. The maximum atomic E-state index is 10.6. The number of nitrogen functional groups attached to an aromatic ring is 1. The average molecular weight is 392 g/mol. The molecule has 0 bridgehead atoms. The third-order valence-electron chi connectivity index (χ3n) is 3.76. The van der Waals surface area contributed by atoms with Gasteiger partial charge in [0.2, 0.25) is 5.95 Å². The summed E-state index contributed by atoms with van der Waals surface area (Å²) in [7, 11) is 0. The number of carboxylic acids is 1. The third kappa shape index (κ3) is 5.09. The number of nitrogens with zero attached hydrogens (tertiary/aromatic N) is 2. The zero-order chi connectivity index (χ0) is 20.9. The van der Waals surface area contributed by atoms with Crippen molar-refractivity contribution in [3.63, 3.8) is 0 Å². The van der Waals surface area contributed by atoms with Crippen LogP contribution in [-0.2, 0) is 4.79 Å². The summed E-state index contributed by atoms with van der Waals surface area (Å²) in [5.41, 5.74) is 10.3. The van der Waals surface area contributed by atoms with Gasteiger partial charge < -0.3 is 16.2 Å². The van der Waals surface area contributed by atoms with Gasteiger partial charge in [-0.25, -0.2) is 9.78 Å². The number of nitrogens with one attached hydrogen (secondary N) is 1. The number of hydrogen-bond acceptors (Lipinski definition) is 5. The van der Waals surface area contributed by atoms with Gasteiger partial charge in [-0.1, -0.05) is 30.3 Å². The van der Waals surface area contributed by atoms with E-state index in [4.69, 9.17) is 15.6 Å². The Bertz CT molecular complexity index is 991. The van der Waals surface area contributed by atoms with Gasteiger partial charge in [0, 0.05) is 11.9 Å². The lowest BCUT2D eigenvalue weighted by Gasteiger charge is -2.10. The van der Waals surface area contributed by atoms with Crippen molar-refractivity contribution in [3.8, 4) is 11.1 Å². The van der Waals surface area contributed by atoms with Crippen LogP contribution in [0.3, 0.4) is 0 Å². The first-order valence-electron chi connectivity index (χ1n) is 8.30. The van der Waals surface area contributed by atoms with E-state index in [0.717, 1.165) is 28.8 Å². The minimum absolute atomic E-state index is 0.292. The zero-order valence-electron chi connectivity index (χ0n) is 15.2. The number of aromatic nitrogens is 2. The van der Waals surface area contributed by atoms with Crippen molar-refractivity contribution in [3.05, 3.63) is 48.0 Å². The number of carbonyl (C=O) groups is 1. The minimum Gasteiger partial charge on any atom is -0.475 e. The summed E-state index contributed by atoms with van der Waals surface area (Å²) in [6.07, 6.45) is -5.08. The van der Waals surface area contributed by atoms with E-state index in [1.165, 1.54) is 11.1 Å². The van der Waals surface area contributed by atoms with Gasteiger partial charge in [-0.15, -0.1) is 0 Å². The summed E-state index contributed by atoms with van der Waals surface area (Å²) in [5.74, 6) is -1.68. The third-order valence-corrected chi connectivity index (χ3v) is 3.76. The molecular weight excluding hydrogens is 373 g/mol. The second kappa shape index (κ2) is 8.55. The Balaban J connectivity index is 0.000000345. The Morgan fingerprint density at radius 3 is 2.39 bits per heavy atom. The van der Waals surface area contributed by atoms with E-state index in [-0.39, 0.29) is 0 Å². The van der Waals surface area contributed by atoms with E-state index in [9.17, 15) is 13.2 Å². The van der Waals surface area contributed by atoms with Crippen molar-refractivity contribution < 1.29 is 23.1 Å². The first kappa shape index (κ1) is 20.9. The predicted molar refractivity (Wildman–Crippen MR) is 102 cm³/mol. The number of aryl methyl sites for hydroxylation is 1. The molecule has 1 aromatic heterocycles. The van der Waals surface area contributed by atoms with Gasteiger partial charge in [0.15, 0.2) is 0 Å². The Morgan fingerprint density at radius 2 is 1.82 bits per heavy atom.